The minimum absolute atomic E-state index is 0.119. The molecule has 92 valence electrons. The van der Waals surface area contributed by atoms with Gasteiger partial charge in [-0.25, -0.2) is 8.78 Å². The second kappa shape index (κ2) is 7.96. The summed E-state index contributed by atoms with van der Waals surface area (Å²) in [5, 5.41) is 6.41. The van der Waals surface area contributed by atoms with Gasteiger partial charge in [-0.1, -0.05) is 0 Å². The number of rotatable bonds is 8. The molecule has 0 amide bonds. The van der Waals surface area contributed by atoms with Crippen LogP contribution in [0.5, 0.6) is 0 Å². The average molecular weight is 224 g/mol. The monoisotopic (exact) mass is 224 g/mol. The van der Waals surface area contributed by atoms with Gasteiger partial charge in [-0.05, 0) is 20.8 Å². The number of alkyl halides is 2. The fraction of sp³-hybridized carbons (Fsp3) is 1.00. The van der Waals surface area contributed by atoms with Crippen molar-refractivity contribution in [2.45, 2.75) is 32.7 Å². The van der Waals surface area contributed by atoms with E-state index in [9.17, 15) is 8.78 Å². The Morgan fingerprint density at radius 3 is 2.33 bits per heavy atom. The van der Waals surface area contributed by atoms with Crippen LogP contribution in [0, 0.1) is 0 Å². The molecule has 0 bridgehead atoms. The Balaban J connectivity index is 3.06. The van der Waals surface area contributed by atoms with E-state index in [2.05, 4.69) is 31.4 Å². The molecule has 0 atom stereocenters. The molecule has 0 aliphatic rings. The van der Waals surface area contributed by atoms with Gasteiger partial charge in [-0.15, -0.1) is 0 Å². The van der Waals surface area contributed by atoms with Crippen LogP contribution in [0.1, 0.15) is 20.8 Å². The summed E-state index contributed by atoms with van der Waals surface area (Å²) in [6.07, 6.45) is -2.37. The molecule has 0 spiro atoms. The molecule has 0 aliphatic carbocycles. The predicted octanol–water partition coefficient (Wildman–Crippen LogP) is 1.25. The standard InChI is InChI=1S/C10H22F2N2O/c1-10(2,3)14-5-4-13-6-7-15-8-9(11)12/h9,13-14H,4-8H2,1-3H3. The minimum atomic E-state index is -2.37. The van der Waals surface area contributed by atoms with Crippen LogP contribution in [0.15, 0.2) is 0 Å². The lowest BCUT2D eigenvalue weighted by atomic mass is 10.1. The molecule has 0 rings (SSSR count). The van der Waals surface area contributed by atoms with Crippen molar-refractivity contribution >= 4 is 0 Å². The maximum atomic E-state index is 11.6. The zero-order valence-corrected chi connectivity index (χ0v) is 9.78. The molecule has 5 heteroatoms. The highest BCUT2D eigenvalue weighted by Gasteiger charge is 2.06. The van der Waals surface area contributed by atoms with Crippen molar-refractivity contribution < 1.29 is 13.5 Å². The van der Waals surface area contributed by atoms with E-state index in [-0.39, 0.29) is 5.54 Å². The molecule has 3 nitrogen and oxygen atoms in total. The van der Waals surface area contributed by atoms with E-state index in [0.717, 1.165) is 13.1 Å². The van der Waals surface area contributed by atoms with E-state index in [1.807, 2.05) is 0 Å². The Labute approximate surface area is 90.6 Å². The van der Waals surface area contributed by atoms with Gasteiger partial charge in [0, 0.05) is 25.2 Å². The van der Waals surface area contributed by atoms with Gasteiger partial charge >= 0.3 is 0 Å². The third-order valence-electron chi connectivity index (χ3n) is 1.62. The molecular formula is C10H22F2N2O. The molecule has 0 radical (unpaired) electrons. The van der Waals surface area contributed by atoms with E-state index in [1.165, 1.54) is 0 Å². The first-order chi connectivity index (χ1) is 6.92. The average Bonchev–Trinajstić information content (AvgIpc) is 2.07. The molecule has 2 N–H and O–H groups in total. The quantitative estimate of drug-likeness (QED) is 0.609. The second-order valence-electron chi connectivity index (χ2n) is 4.39. The molecule has 0 heterocycles. The van der Waals surface area contributed by atoms with Gasteiger partial charge in [0.15, 0.2) is 0 Å². The predicted molar refractivity (Wildman–Crippen MR) is 57.4 cm³/mol. The van der Waals surface area contributed by atoms with Crippen molar-refractivity contribution in [2.75, 3.05) is 32.8 Å². The number of halogens is 2. The van der Waals surface area contributed by atoms with Crippen molar-refractivity contribution in [3.05, 3.63) is 0 Å². The molecule has 0 saturated heterocycles. The molecule has 0 aromatic rings. The third kappa shape index (κ3) is 13.7. The van der Waals surface area contributed by atoms with Crippen molar-refractivity contribution in [1.29, 1.82) is 0 Å². The highest BCUT2D eigenvalue weighted by Crippen LogP contribution is 1.96. The van der Waals surface area contributed by atoms with Crippen LogP contribution >= 0.6 is 0 Å². The Morgan fingerprint density at radius 1 is 1.13 bits per heavy atom. The summed E-state index contributed by atoms with van der Waals surface area (Å²) in [5.41, 5.74) is 0.119. The summed E-state index contributed by atoms with van der Waals surface area (Å²) < 4.78 is 28.0. The van der Waals surface area contributed by atoms with Crippen LogP contribution in [0.25, 0.3) is 0 Å². The Morgan fingerprint density at radius 2 is 1.80 bits per heavy atom. The fourth-order valence-corrected chi connectivity index (χ4v) is 0.968. The van der Waals surface area contributed by atoms with E-state index in [1.54, 1.807) is 0 Å². The summed E-state index contributed by atoms with van der Waals surface area (Å²) in [4.78, 5) is 0. The molecular weight excluding hydrogens is 202 g/mol. The molecule has 0 aromatic heterocycles. The minimum Gasteiger partial charge on any atom is -0.374 e. The van der Waals surface area contributed by atoms with Crippen LogP contribution in [0.3, 0.4) is 0 Å². The van der Waals surface area contributed by atoms with Crippen LogP contribution in [0.2, 0.25) is 0 Å². The first-order valence-corrected chi connectivity index (χ1v) is 5.23. The number of hydrogen-bond donors (Lipinski definition) is 2. The first-order valence-electron chi connectivity index (χ1n) is 5.23. The van der Waals surface area contributed by atoms with Crippen LogP contribution < -0.4 is 10.6 Å². The lowest BCUT2D eigenvalue weighted by molar-refractivity contribution is 0.0188. The largest absolute Gasteiger partial charge is 0.374 e. The van der Waals surface area contributed by atoms with Gasteiger partial charge in [-0.2, -0.15) is 0 Å². The maximum absolute atomic E-state index is 11.6. The summed E-state index contributed by atoms with van der Waals surface area (Å²) >= 11 is 0. The zero-order chi connectivity index (χ0) is 11.7. The molecule has 0 unspecified atom stereocenters. The number of ether oxygens (including phenoxy) is 1. The Hall–Kier alpha value is -0.260. The first kappa shape index (κ1) is 14.7. The third-order valence-corrected chi connectivity index (χ3v) is 1.62. The Bertz CT molecular complexity index is 149. The maximum Gasteiger partial charge on any atom is 0.261 e. The van der Waals surface area contributed by atoms with Crippen LogP contribution in [-0.4, -0.2) is 44.8 Å². The van der Waals surface area contributed by atoms with Gasteiger partial charge in [0.25, 0.3) is 6.43 Å². The van der Waals surface area contributed by atoms with Crippen molar-refractivity contribution in [2.24, 2.45) is 0 Å². The van der Waals surface area contributed by atoms with Gasteiger partial charge in [0.2, 0.25) is 0 Å². The zero-order valence-electron chi connectivity index (χ0n) is 9.78. The molecule has 15 heavy (non-hydrogen) atoms. The lowest BCUT2D eigenvalue weighted by Gasteiger charge is -2.20. The van der Waals surface area contributed by atoms with E-state index in [4.69, 9.17) is 4.74 Å². The highest BCUT2D eigenvalue weighted by molar-refractivity contribution is 4.70. The Kier molecular flexibility index (Phi) is 7.82. The van der Waals surface area contributed by atoms with E-state index < -0.39 is 13.0 Å². The molecule has 0 fully saturated rings. The van der Waals surface area contributed by atoms with Crippen molar-refractivity contribution in [1.82, 2.24) is 10.6 Å². The topological polar surface area (TPSA) is 33.3 Å². The van der Waals surface area contributed by atoms with Gasteiger partial charge < -0.3 is 15.4 Å². The van der Waals surface area contributed by atoms with Gasteiger partial charge in [0.1, 0.15) is 6.61 Å². The molecule has 0 aliphatic heterocycles. The molecule has 0 aromatic carbocycles. The number of hydrogen-bond acceptors (Lipinski definition) is 3. The van der Waals surface area contributed by atoms with Gasteiger partial charge in [-0.3, -0.25) is 0 Å². The number of nitrogens with one attached hydrogen (secondary N) is 2. The van der Waals surface area contributed by atoms with Crippen LogP contribution in [-0.2, 0) is 4.74 Å². The molecule has 0 saturated carbocycles. The SMILES string of the molecule is CC(C)(C)NCCNCCOCC(F)F. The summed E-state index contributed by atoms with van der Waals surface area (Å²) in [7, 11) is 0. The second-order valence-corrected chi connectivity index (χ2v) is 4.39. The summed E-state index contributed by atoms with van der Waals surface area (Å²) in [6, 6.07) is 0. The smallest absolute Gasteiger partial charge is 0.261 e. The van der Waals surface area contributed by atoms with Crippen molar-refractivity contribution in [3.63, 3.8) is 0 Å². The summed E-state index contributed by atoms with van der Waals surface area (Å²) in [6.45, 7) is 8.43. The van der Waals surface area contributed by atoms with E-state index in [0.29, 0.717) is 13.2 Å². The fourth-order valence-electron chi connectivity index (χ4n) is 0.968. The van der Waals surface area contributed by atoms with Gasteiger partial charge in [0.05, 0.1) is 6.61 Å². The van der Waals surface area contributed by atoms with Crippen molar-refractivity contribution in [3.8, 4) is 0 Å². The van der Waals surface area contributed by atoms with Crippen LogP contribution in [0.4, 0.5) is 8.78 Å². The van der Waals surface area contributed by atoms with E-state index >= 15 is 0 Å². The summed E-state index contributed by atoms with van der Waals surface area (Å²) in [5.74, 6) is 0. The highest BCUT2D eigenvalue weighted by atomic mass is 19.3. The normalized spacial score (nSPS) is 12.4. The lowest BCUT2D eigenvalue weighted by Crippen LogP contribution is -2.40.